The summed E-state index contributed by atoms with van der Waals surface area (Å²) in [5.74, 6) is 1.31. The van der Waals surface area contributed by atoms with E-state index in [1.54, 1.807) is 19.1 Å². The zero-order chi connectivity index (χ0) is 22.4. The molecule has 0 saturated carbocycles. The number of aliphatic hydroxyl groups excluding tert-OH is 1. The van der Waals surface area contributed by atoms with Crippen LogP contribution >= 0.6 is 0 Å². The molecule has 1 aliphatic rings. The van der Waals surface area contributed by atoms with Gasteiger partial charge in [0.05, 0.1) is 13.2 Å². The number of amides is 2. The first-order valence-electron chi connectivity index (χ1n) is 10.3. The number of benzene rings is 1. The first-order valence-corrected chi connectivity index (χ1v) is 10.3. The van der Waals surface area contributed by atoms with Gasteiger partial charge in [-0.1, -0.05) is 0 Å². The Morgan fingerprint density at radius 3 is 2.52 bits per heavy atom. The van der Waals surface area contributed by atoms with Crippen molar-refractivity contribution in [3.05, 3.63) is 30.0 Å². The topological polar surface area (TPSA) is 127 Å². The van der Waals surface area contributed by atoms with Gasteiger partial charge in [0.1, 0.15) is 5.69 Å². The lowest BCUT2D eigenvalue weighted by molar-refractivity contribution is -0.384. The molecular weight excluding hydrogens is 402 g/mol. The molecule has 2 amide bonds. The van der Waals surface area contributed by atoms with Crippen LogP contribution in [0.4, 0.5) is 16.3 Å². The molecule has 2 heterocycles. The Bertz CT molecular complexity index is 884. The van der Waals surface area contributed by atoms with Crippen LogP contribution in [0, 0.1) is 0 Å². The normalized spacial score (nSPS) is 17.7. The van der Waals surface area contributed by atoms with Crippen molar-refractivity contribution >= 4 is 17.5 Å². The lowest BCUT2D eigenvalue weighted by atomic mass is 10.1. The number of carbonyl (C=O) groups excluding carboxylic acids is 1. The minimum absolute atomic E-state index is 0.0402. The van der Waals surface area contributed by atoms with E-state index in [0.717, 1.165) is 5.56 Å². The molecule has 10 nitrogen and oxygen atoms in total. The molecule has 1 saturated heterocycles. The number of hydrogen-bond donors (Lipinski definition) is 4. The summed E-state index contributed by atoms with van der Waals surface area (Å²) >= 11 is 0. The molecular formula is C21H29N5O5. The fourth-order valence-corrected chi connectivity index (χ4v) is 2.96. The summed E-state index contributed by atoms with van der Waals surface area (Å²) in [6.45, 7) is 8.08. The highest BCUT2D eigenvalue weighted by molar-refractivity contribution is 5.89. The van der Waals surface area contributed by atoms with Crippen molar-refractivity contribution in [2.75, 3.05) is 30.4 Å². The number of aromatic nitrogens is 2. The highest BCUT2D eigenvalue weighted by atomic mass is 16.9. The third kappa shape index (κ3) is 5.81. The van der Waals surface area contributed by atoms with Crippen LogP contribution in [0.3, 0.4) is 0 Å². The number of carbonyl (C=O) groups is 1. The third-order valence-electron chi connectivity index (χ3n) is 4.26. The van der Waals surface area contributed by atoms with Gasteiger partial charge in [-0.15, -0.1) is 0 Å². The first kappa shape index (κ1) is 22.7. The van der Waals surface area contributed by atoms with Gasteiger partial charge in [-0.2, -0.15) is 0 Å². The van der Waals surface area contributed by atoms with E-state index in [4.69, 9.17) is 14.2 Å². The number of aliphatic hydroxyl groups is 1. The molecule has 4 N–H and O–H groups in total. The van der Waals surface area contributed by atoms with Crippen LogP contribution in [-0.4, -0.2) is 53.2 Å². The van der Waals surface area contributed by atoms with Gasteiger partial charge in [-0.3, -0.25) is 0 Å². The SMILES string of the molecule is CCOc1c(NCCO)nc(-c2ccc(NC(=O)NC(C)C)cc2)nc1C1OC(C)O1. The van der Waals surface area contributed by atoms with Crippen molar-refractivity contribution in [2.45, 2.75) is 46.3 Å². The Kier molecular flexibility index (Phi) is 7.61. The molecule has 1 aromatic carbocycles. The van der Waals surface area contributed by atoms with Crippen molar-refractivity contribution in [3.8, 4) is 17.1 Å². The van der Waals surface area contributed by atoms with Gasteiger partial charge in [0.25, 0.3) is 0 Å². The number of hydrogen-bond acceptors (Lipinski definition) is 8. The van der Waals surface area contributed by atoms with E-state index in [1.807, 2.05) is 32.9 Å². The monoisotopic (exact) mass is 431 g/mol. The molecule has 0 spiro atoms. The summed E-state index contributed by atoms with van der Waals surface area (Å²) in [6.07, 6.45) is -0.984. The number of rotatable bonds is 9. The fraction of sp³-hybridized carbons (Fsp3) is 0.476. The average molecular weight is 431 g/mol. The van der Waals surface area contributed by atoms with Gasteiger partial charge in [0, 0.05) is 23.8 Å². The highest BCUT2D eigenvalue weighted by Gasteiger charge is 2.34. The van der Waals surface area contributed by atoms with E-state index in [2.05, 4.69) is 25.9 Å². The highest BCUT2D eigenvalue weighted by Crippen LogP contribution is 2.40. The summed E-state index contributed by atoms with van der Waals surface area (Å²) < 4.78 is 17.0. The number of ether oxygens (including phenoxy) is 3. The van der Waals surface area contributed by atoms with Gasteiger partial charge in [0.15, 0.2) is 23.7 Å². The van der Waals surface area contributed by atoms with E-state index in [1.165, 1.54) is 0 Å². The lowest BCUT2D eigenvalue weighted by Crippen LogP contribution is -2.34. The minimum Gasteiger partial charge on any atom is -0.488 e. The predicted molar refractivity (Wildman–Crippen MR) is 116 cm³/mol. The maximum absolute atomic E-state index is 11.9. The maximum atomic E-state index is 11.9. The lowest BCUT2D eigenvalue weighted by Gasteiger charge is -2.34. The van der Waals surface area contributed by atoms with Crippen molar-refractivity contribution in [1.29, 1.82) is 0 Å². The Morgan fingerprint density at radius 1 is 1.23 bits per heavy atom. The number of urea groups is 1. The van der Waals surface area contributed by atoms with Gasteiger partial charge in [-0.25, -0.2) is 14.8 Å². The van der Waals surface area contributed by atoms with Crippen LogP contribution in [0.5, 0.6) is 5.75 Å². The maximum Gasteiger partial charge on any atom is 0.319 e. The Morgan fingerprint density at radius 2 is 1.94 bits per heavy atom. The zero-order valence-electron chi connectivity index (χ0n) is 18.1. The van der Waals surface area contributed by atoms with Crippen LogP contribution in [0.2, 0.25) is 0 Å². The van der Waals surface area contributed by atoms with Gasteiger partial charge < -0.3 is 35.3 Å². The van der Waals surface area contributed by atoms with Crippen molar-refractivity contribution in [1.82, 2.24) is 15.3 Å². The van der Waals surface area contributed by atoms with Crippen LogP contribution in [0.15, 0.2) is 24.3 Å². The molecule has 0 radical (unpaired) electrons. The smallest absolute Gasteiger partial charge is 0.319 e. The molecule has 31 heavy (non-hydrogen) atoms. The van der Waals surface area contributed by atoms with E-state index >= 15 is 0 Å². The zero-order valence-corrected chi connectivity index (χ0v) is 18.1. The van der Waals surface area contributed by atoms with Crippen LogP contribution in [0.1, 0.15) is 39.7 Å². The van der Waals surface area contributed by atoms with Gasteiger partial charge in [0.2, 0.25) is 6.29 Å². The van der Waals surface area contributed by atoms with Crippen LogP contribution in [0.25, 0.3) is 11.4 Å². The first-order chi connectivity index (χ1) is 14.9. The van der Waals surface area contributed by atoms with Crippen LogP contribution in [-0.2, 0) is 9.47 Å². The Hall–Kier alpha value is -2.95. The number of anilines is 2. The molecule has 0 atom stereocenters. The van der Waals surface area contributed by atoms with E-state index in [-0.39, 0.29) is 25.0 Å². The molecule has 0 aliphatic carbocycles. The number of nitrogens with zero attached hydrogens (tertiary/aromatic N) is 2. The molecule has 1 aliphatic heterocycles. The van der Waals surface area contributed by atoms with E-state index < -0.39 is 6.29 Å². The largest absolute Gasteiger partial charge is 0.488 e. The van der Waals surface area contributed by atoms with E-state index in [9.17, 15) is 9.90 Å². The predicted octanol–water partition coefficient (Wildman–Crippen LogP) is 2.87. The molecule has 2 aromatic rings. The Balaban J connectivity index is 1.90. The second-order valence-electron chi connectivity index (χ2n) is 7.20. The van der Waals surface area contributed by atoms with Gasteiger partial charge >= 0.3 is 6.03 Å². The molecule has 3 rings (SSSR count). The summed E-state index contributed by atoms with van der Waals surface area (Å²) in [5.41, 5.74) is 1.86. The van der Waals surface area contributed by atoms with Crippen LogP contribution < -0.4 is 20.7 Å². The van der Waals surface area contributed by atoms with Gasteiger partial charge in [-0.05, 0) is 52.0 Å². The molecule has 0 unspecified atom stereocenters. The fourth-order valence-electron chi connectivity index (χ4n) is 2.96. The van der Waals surface area contributed by atoms with Crippen molar-refractivity contribution in [3.63, 3.8) is 0 Å². The second kappa shape index (κ2) is 10.4. The molecule has 1 aromatic heterocycles. The molecule has 10 heteroatoms. The Labute approximate surface area is 181 Å². The summed E-state index contributed by atoms with van der Waals surface area (Å²) in [5, 5.41) is 17.8. The summed E-state index contributed by atoms with van der Waals surface area (Å²) in [6, 6.07) is 6.93. The minimum atomic E-state index is -0.659. The molecule has 1 fully saturated rings. The molecule has 0 bridgehead atoms. The van der Waals surface area contributed by atoms with Crippen molar-refractivity contribution < 1.29 is 24.1 Å². The average Bonchev–Trinajstić information content (AvgIpc) is 2.70. The summed E-state index contributed by atoms with van der Waals surface area (Å²) in [4.78, 5) is 21.1. The third-order valence-corrected chi connectivity index (χ3v) is 4.26. The quantitative estimate of drug-likeness (QED) is 0.477. The number of nitrogens with one attached hydrogen (secondary N) is 3. The molecule has 168 valence electrons. The van der Waals surface area contributed by atoms with E-state index in [0.29, 0.717) is 41.9 Å². The van der Waals surface area contributed by atoms with Crippen molar-refractivity contribution in [2.24, 2.45) is 0 Å². The standard InChI is InChI=1S/C21H29N5O5/c1-5-29-17-16(20-30-13(4)31-20)25-18(26-19(17)22-10-11-27)14-6-8-15(9-7-14)24-21(28)23-12(2)3/h6-9,12-13,20,27H,5,10-11H2,1-4H3,(H,22,25,26)(H2,23,24,28). The second-order valence-corrected chi connectivity index (χ2v) is 7.20. The summed E-state index contributed by atoms with van der Waals surface area (Å²) in [7, 11) is 0.